The van der Waals surface area contributed by atoms with Crippen molar-refractivity contribution in [2.45, 2.75) is 25.4 Å². The van der Waals surface area contributed by atoms with Crippen molar-refractivity contribution in [2.75, 3.05) is 60.2 Å². The Morgan fingerprint density at radius 3 is 2.47 bits per heavy atom. The van der Waals surface area contributed by atoms with E-state index < -0.39 is 23.3 Å². The lowest BCUT2D eigenvalue weighted by Gasteiger charge is -2.29. The third kappa shape index (κ3) is 5.44. The molecule has 2 aliphatic rings. The number of piperidine rings is 1. The Morgan fingerprint density at radius 1 is 0.974 bits per heavy atom. The van der Waals surface area contributed by atoms with Crippen molar-refractivity contribution in [3.63, 3.8) is 0 Å². The lowest BCUT2D eigenvalue weighted by atomic mass is 10.1. The predicted molar refractivity (Wildman–Crippen MR) is 134 cm³/mol. The van der Waals surface area contributed by atoms with Crippen LogP contribution in [0.5, 0.6) is 0 Å². The normalized spacial score (nSPS) is 16.4. The Morgan fingerprint density at radius 2 is 1.74 bits per heavy atom. The summed E-state index contributed by atoms with van der Waals surface area (Å²) in [5.41, 5.74) is 4.48. The topological polar surface area (TPSA) is 135 Å². The van der Waals surface area contributed by atoms with Crippen molar-refractivity contribution in [3.8, 4) is 11.4 Å². The Labute approximate surface area is 216 Å². The summed E-state index contributed by atoms with van der Waals surface area (Å²) in [5.74, 6) is -0.582. The molecule has 0 radical (unpaired) electrons. The molecule has 5 rings (SSSR count). The molecule has 38 heavy (non-hydrogen) atoms. The van der Waals surface area contributed by atoms with Crippen LogP contribution in [0.3, 0.4) is 0 Å². The van der Waals surface area contributed by atoms with E-state index in [1.807, 2.05) is 6.07 Å². The van der Waals surface area contributed by atoms with Crippen molar-refractivity contribution in [3.05, 3.63) is 42.0 Å². The van der Waals surface area contributed by atoms with E-state index in [2.05, 4.69) is 35.1 Å². The van der Waals surface area contributed by atoms with E-state index >= 15 is 0 Å². The van der Waals surface area contributed by atoms with Gasteiger partial charge in [-0.2, -0.15) is 13.2 Å². The monoisotopic (exact) mass is 529 g/mol. The highest BCUT2D eigenvalue weighted by Crippen LogP contribution is 2.36. The molecule has 1 amide bonds. The minimum atomic E-state index is -4.76. The largest absolute Gasteiger partial charge is 0.420 e. The number of alkyl halides is 3. The van der Waals surface area contributed by atoms with E-state index in [1.165, 1.54) is 6.20 Å². The van der Waals surface area contributed by atoms with Gasteiger partial charge >= 0.3 is 6.18 Å². The second-order valence-electron chi connectivity index (χ2n) is 8.89. The molecule has 2 aliphatic heterocycles. The van der Waals surface area contributed by atoms with Gasteiger partial charge in [0.05, 0.1) is 25.1 Å². The average Bonchev–Trinajstić information content (AvgIpc) is 2.94. The van der Waals surface area contributed by atoms with Gasteiger partial charge in [0, 0.05) is 38.6 Å². The first-order chi connectivity index (χ1) is 18.3. The average molecular weight is 530 g/mol. The third-order valence-corrected chi connectivity index (χ3v) is 6.35. The number of pyridine rings is 1. The standard InChI is InChI=1S/C24H26F3N9O2/c25-24(26,27)15-13-31-23(36-9-11-38-12-10-36)33-18(15)16-14-30-20(28)19(32-16)22(37)34-21-17(5-4-6-29-21)35-7-2-1-3-8-35/h4-6,13-14H,1-3,7-12H2,(H2,28,30)(H,29,34,37). The van der Waals surface area contributed by atoms with Crippen LogP contribution in [0, 0.1) is 0 Å². The van der Waals surface area contributed by atoms with Crippen molar-refractivity contribution >= 4 is 29.2 Å². The Bertz CT molecular complexity index is 1310. The summed E-state index contributed by atoms with van der Waals surface area (Å²) >= 11 is 0. The van der Waals surface area contributed by atoms with E-state index in [-0.39, 0.29) is 23.2 Å². The van der Waals surface area contributed by atoms with Gasteiger partial charge in [-0.05, 0) is 31.4 Å². The fraction of sp³-hybridized carbons (Fsp3) is 0.417. The number of amides is 1. The molecule has 0 saturated carbocycles. The number of halogens is 3. The molecule has 3 N–H and O–H groups in total. The van der Waals surface area contributed by atoms with Crippen LogP contribution in [0.4, 0.5) is 36.4 Å². The Kier molecular flexibility index (Phi) is 7.22. The van der Waals surface area contributed by atoms with E-state index in [1.54, 1.807) is 11.0 Å². The molecule has 11 nitrogen and oxygen atoms in total. The number of nitrogens with zero attached hydrogens (tertiary/aromatic N) is 7. The highest BCUT2D eigenvalue weighted by Gasteiger charge is 2.37. The number of morpholine rings is 1. The molecule has 5 heterocycles. The molecule has 2 fully saturated rings. The molecule has 0 unspecified atom stereocenters. The smallest absolute Gasteiger partial charge is 0.382 e. The summed E-state index contributed by atoms with van der Waals surface area (Å²) < 4.78 is 46.9. The predicted octanol–water partition coefficient (Wildman–Crippen LogP) is 3.01. The van der Waals surface area contributed by atoms with E-state index in [0.29, 0.717) is 38.3 Å². The maximum Gasteiger partial charge on any atom is 0.420 e. The maximum atomic E-state index is 13.9. The Balaban J connectivity index is 1.48. The van der Waals surface area contributed by atoms with Crippen LogP contribution in [0.2, 0.25) is 0 Å². The number of carbonyl (C=O) groups is 1. The highest BCUT2D eigenvalue weighted by molar-refractivity contribution is 6.06. The van der Waals surface area contributed by atoms with Crippen LogP contribution in [0.15, 0.2) is 30.7 Å². The quantitative estimate of drug-likeness (QED) is 0.508. The zero-order valence-electron chi connectivity index (χ0n) is 20.4. The van der Waals surface area contributed by atoms with Crippen LogP contribution >= 0.6 is 0 Å². The van der Waals surface area contributed by atoms with Gasteiger partial charge in [0.2, 0.25) is 5.95 Å². The summed E-state index contributed by atoms with van der Waals surface area (Å²) in [4.78, 5) is 37.6. The summed E-state index contributed by atoms with van der Waals surface area (Å²) in [6, 6.07) is 3.62. The summed E-state index contributed by atoms with van der Waals surface area (Å²) in [7, 11) is 0. The van der Waals surface area contributed by atoms with Gasteiger partial charge in [-0.25, -0.2) is 24.9 Å². The lowest BCUT2D eigenvalue weighted by Crippen LogP contribution is -2.37. The van der Waals surface area contributed by atoms with Crippen molar-refractivity contribution in [1.29, 1.82) is 0 Å². The number of rotatable bonds is 5. The first kappa shape index (κ1) is 25.6. The number of aromatic nitrogens is 5. The minimum Gasteiger partial charge on any atom is -0.382 e. The van der Waals surface area contributed by atoms with Gasteiger partial charge in [-0.15, -0.1) is 0 Å². The molecule has 0 aliphatic carbocycles. The number of nitrogen functional groups attached to an aromatic ring is 1. The number of ether oxygens (including phenoxy) is 1. The molecule has 0 spiro atoms. The fourth-order valence-corrected chi connectivity index (χ4v) is 4.42. The molecule has 2 saturated heterocycles. The second-order valence-corrected chi connectivity index (χ2v) is 8.89. The van der Waals surface area contributed by atoms with Crippen LogP contribution in [-0.2, 0) is 10.9 Å². The molecule has 3 aromatic rings. The number of hydrogen-bond acceptors (Lipinski definition) is 10. The van der Waals surface area contributed by atoms with Gasteiger partial charge in [0.15, 0.2) is 17.3 Å². The van der Waals surface area contributed by atoms with Gasteiger partial charge in [-0.1, -0.05) is 0 Å². The van der Waals surface area contributed by atoms with Crippen LogP contribution in [0.1, 0.15) is 35.3 Å². The molecule has 0 aromatic carbocycles. The first-order valence-corrected chi connectivity index (χ1v) is 12.2. The Hall–Kier alpha value is -4.07. The SMILES string of the molecule is Nc1ncc(-c2nc(N3CCOCC3)ncc2C(F)(F)F)nc1C(=O)Nc1ncccc1N1CCCCC1. The summed E-state index contributed by atoms with van der Waals surface area (Å²) in [5, 5.41) is 2.70. The van der Waals surface area contributed by atoms with Gasteiger partial charge in [-0.3, -0.25) is 4.79 Å². The number of anilines is 4. The first-order valence-electron chi connectivity index (χ1n) is 12.2. The number of nitrogens with one attached hydrogen (secondary N) is 1. The van der Waals surface area contributed by atoms with Crippen LogP contribution in [-0.4, -0.2) is 70.2 Å². The minimum absolute atomic E-state index is 0.0978. The fourth-order valence-electron chi connectivity index (χ4n) is 4.42. The number of hydrogen-bond donors (Lipinski definition) is 2. The number of nitrogens with two attached hydrogens (primary N) is 1. The highest BCUT2D eigenvalue weighted by atomic mass is 19.4. The summed E-state index contributed by atoms with van der Waals surface area (Å²) in [6.07, 6.45) is 1.73. The zero-order valence-corrected chi connectivity index (χ0v) is 20.4. The molecule has 0 atom stereocenters. The molecular weight excluding hydrogens is 503 g/mol. The van der Waals surface area contributed by atoms with Gasteiger partial charge in [0.1, 0.15) is 17.0 Å². The van der Waals surface area contributed by atoms with Crippen molar-refractivity contribution in [1.82, 2.24) is 24.9 Å². The second kappa shape index (κ2) is 10.7. The number of carbonyl (C=O) groups excluding carboxylic acids is 1. The van der Waals surface area contributed by atoms with E-state index in [9.17, 15) is 18.0 Å². The van der Waals surface area contributed by atoms with E-state index in [0.717, 1.165) is 44.2 Å². The molecule has 14 heteroatoms. The van der Waals surface area contributed by atoms with Crippen molar-refractivity contribution in [2.24, 2.45) is 0 Å². The van der Waals surface area contributed by atoms with Gasteiger partial charge < -0.3 is 25.6 Å². The molecule has 200 valence electrons. The van der Waals surface area contributed by atoms with Crippen molar-refractivity contribution < 1.29 is 22.7 Å². The lowest BCUT2D eigenvalue weighted by molar-refractivity contribution is -0.137. The zero-order chi connectivity index (χ0) is 26.7. The maximum absolute atomic E-state index is 13.9. The summed E-state index contributed by atoms with van der Waals surface area (Å²) in [6.45, 7) is 3.30. The molecular formula is C24H26F3N9O2. The molecule has 0 bridgehead atoms. The molecule has 3 aromatic heterocycles. The van der Waals surface area contributed by atoms with E-state index in [4.69, 9.17) is 10.5 Å². The van der Waals surface area contributed by atoms with Crippen LogP contribution in [0.25, 0.3) is 11.4 Å². The third-order valence-electron chi connectivity index (χ3n) is 6.35. The van der Waals surface area contributed by atoms with Crippen LogP contribution < -0.4 is 20.9 Å². The van der Waals surface area contributed by atoms with Gasteiger partial charge in [0.25, 0.3) is 5.91 Å².